The first-order valence-electron chi connectivity index (χ1n) is 8.08. The standard InChI is InChI=1S/C18H14Cl2N2O2/c19-10-2-1-9(13(20)7-10)8-21-22-16(23)14-11-3-4-12(15(14)17(22)24)18(11)5-6-18/h1-4,7-8,11-12,14-15H,5-6H2/b21-8-/t11-,12+,14+,15-. The van der Waals surface area contributed by atoms with Crippen LogP contribution in [-0.2, 0) is 9.59 Å². The summed E-state index contributed by atoms with van der Waals surface area (Å²) in [7, 11) is 0. The van der Waals surface area contributed by atoms with Gasteiger partial charge in [-0.15, -0.1) is 0 Å². The zero-order chi connectivity index (χ0) is 16.6. The Kier molecular flexibility index (Phi) is 2.88. The molecule has 6 heteroatoms. The lowest BCUT2D eigenvalue weighted by atomic mass is 9.85. The highest BCUT2D eigenvalue weighted by Crippen LogP contribution is 2.73. The summed E-state index contributed by atoms with van der Waals surface area (Å²) in [5, 5.41) is 6.15. The Balaban J connectivity index is 1.44. The minimum Gasteiger partial charge on any atom is -0.272 e. The van der Waals surface area contributed by atoms with Crippen molar-refractivity contribution in [1.82, 2.24) is 5.01 Å². The molecule has 2 bridgehead atoms. The van der Waals surface area contributed by atoms with Crippen molar-refractivity contribution in [2.45, 2.75) is 12.8 Å². The summed E-state index contributed by atoms with van der Waals surface area (Å²) < 4.78 is 0. The molecule has 0 radical (unpaired) electrons. The van der Waals surface area contributed by atoms with Gasteiger partial charge in [0.15, 0.2) is 0 Å². The van der Waals surface area contributed by atoms with E-state index in [0.717, 1.165) is 17.9 Å². The molecule has 0 N–H and O–H groups in total. The van der Waals surface area contributed by atoms with Crippen LogP contribution in [0, 0.1) is 29.1 Å². The van der Waals surface area contributed by atoms with Crippen molar-refractivity contribution in [3.8, 4) is 0 Å². The van der Waals surface area contributed by atoms with Gasteiger partial charge in [-0.05, 0) is 42.2 Å². The van der Waals surface area contributed by atoms with Gasteiger partial charge in [-0.25, -0.2) is 0 Å². The number of allylic oxidation sites excluding steroid dienone is 2. The summed E-state index contributed by atoms with van der Waals surface area (Å²) in [5.74, 6) is -0.379. The minimum atomic E-state index is -0.229. The van der Waals surface area contributed by atoms with E-state index < -0.39 is 0 Å². The van der Waals surface area contributed by atoms with E-state index in [2.05, 4.69) is 17.3 Å². The molecule has 4 aliphatic rings. The maximum absolute atomic E-state index is 12.8. The Labute approximate surface area is 149 Å². The zero-order valence-electron chi connectivity index (χ0n) is 12.7. The molecular weight excluding hydrogens is 347 g/mol. The largest absolute Gasteiger partial charge is 0.272 e. The number of fused-ring (bicyclic) bond motifs is 3. The van der Waals surface area contributed by atoms with E-state index in [0.29, 0.717) is 15.6 Å². The van der Waals surface area contributed by atoms with E-state index in [-0.39, 0.29) is 40.9 Å². The summed E-state index contributed by atoms with van der Waals surface area (Å²) in [4.78, 5) is 25.5. The van der Waals surface area contributed by atoms with Gasteiger partial charge in [0.1, 0.15) is 0 Å². The van der Waals surface area contributed by atoms with Crippen molar-refractivity contribution in [1.29, 1.82) is 0 Å². The van der Waals surface area contributed by atoms with Crippen LogP contribution in [0.1, 0.15) is 18.4 Å². The average Bonchev–Trinajstić information content (AvgIpc) is 3.15. The van der Waals surface area contributed by atoms with Gasteiger partial charge in [0, 0.05) is 10.6 Å². The molecule has 1 saturated heterocycles. The van der Waals surface area contributed by atoms with E-state index in [1.54, 1.807) is 18.2 Å². The number of benzene rings is 1. The van der Waals surface area contributed by atoms with E-state index >= 15 is 0 Å². The number of halogens is 2. The maximum Gasteiger partial charge on any atom is 0.254 e. The van der Waals surface area contributed by atoms with Gasteiger partial charge < -0.3 is 0 Å². The lowest BCUT2D eigenvalue weighted by molar-refractivity contribution is -0.141. The second-order valence-corrected chi connectivity index (χ2v) is 7.96. The molecule has 24 heavy (non-hydrogen) atoms. The van der Waals surface area contributed by atoms with Gasteiger partial charge in [0.25, 0.3) is 11.8 Å². The quantitative estimate of drug-likeness (QED) is 0.460. The fourth-order valence-corrected chi connectivity index (χ4v) is 5.36. The molecule has 1 heterocycles. The van der Waals surface area contributed by atoms with Gasteiger partial charge >= 0.3 is 0 Å². The van der Waals surface area contributed by atoms with Gasteiger partial charge in [0.05, 0.1) is 23.1 Å². The Bertz CT molecular complexity index is 809. The SMILES string of the molecule is O=C1[C@@H]2[C@H](C(=O)N1/N=C\c1ccc(Cl)cc1Cl)[C@@H]1C=C[C@H]2C12CC2. The molecule has 3 aliphatic carbocycles. The van der Waals surface area contributed by atoms with Crippen molar-refractivity contribution in [3.63, 3.8) is 0 Å². The molecule has 2 amide bonds. The summed E-state index contributed by atoms with van der Waals surface area (Å²) in [5.41, 5.74) is 0.828. The van der Waals surface area contributed by atoms with Crippen LogP contribution in [0.3, 0.4) is 0 Å². The third kappa shape index (κ3) is 1.73. The number of rotatable bonds is 2. The van der Waals surface area contributed by atoms with Gasteiger partial charge in [-0.1, -0.05) is 41.4 Å². The molecule has 5 rings (SSSR count). The molecule has 122 valence electrons. The topological polar surface area (TPSA) is 49.7 Å². The Morgan fingerprint density at radius 1 is 1.08 bits per heavy atom. The summed E-state index contributed by atoms with van der Waals surface area (Å²) in [6, 6.07) is 5.01. The lowest BCUT2D eigenvalue weighted by Crippen LogP contribution is -2.30. The molecule has 0 unspecified atom stereocenters. The molecule has 4 atom stereocenters. The summed E-state index contributed by atoms with van der Waals surface area (Å²) >= 11 is 12.0. The molecule has 3 fully saturated rings. The molecule has 1 aromatic carbocycles. The van der Waals surface area contributed by atoms with Crippen molar-refractivity contribution in [2.75, 3.05) is 0 Å². The highest BCUT2D eigenvalue weighted by molar-refractivity contribution is 6.36. The van der Waals surface area contributed by atoms with Crippen LogP contribution < -0.4 is 0 Å². The highest BCUT2D eigenvalue weighted by Gasteiger charge is 2.73. The second-order valence-electron chi connectivity index (χ2n) is 7.12. The van der Waals surface area contributed by atoms with Crippen LogP contribution >= 0.6 is 23.2 Å². The van der Waals surface area contributed by atoms with E-state index in [4.69, 9.17) is 23.2 Å². The van der Waals surface area contributed by atoms with Crippen LogP contribution in [0.5, 0.6) is 0 Å². The van der Waals surface area contributed by atoms with Crippen molar-refractivity contribution < 1.29 is 9.59 Å². The Morgan fingerprint density at radius 3 is 2.25 bits per heavy atom. The van der Waals surface area contributed by atoms with E-state index in [1.807, 2.05) is 0 Å². The monoisotopic (exact) mass is 360 g/mol. The van der Waals surface area contributed by atoms with Crippen molar-refractivity contribution >= 4 is 41.2 Å². The van der Waals surface area contributed by atoms with Crippen molar-refractivity contribution in [2.24, 2.45) is 34.2 Å². The van der Waals surface area contributed by atoms with Crippen LogP contribution in [0.15, 0.2) is 35.5 Å². The number of carbonyl (C=O) groups is 2. The first-order valence-corrected chi connectivity index (χ1v) is 8.84. The summed E-state index contributed by atoms with van der Waals surface area (Å²) in [6.07, 6.45) is 8.01. The van der Waals surface area contributed by atoms with Crippen LogP contribution in [0.25, 0.3) is 0 Å². The number of hydrogen-bond donors (Lipinski definition) is 0. The number of hydrogen-bond acceptors (Lipinski definition) is 3. The first-order chi connectivity index (χ1) is 11.5. The fraction of sp³-hybridized carbons (Fsp3) is 0.389. The van der Waals surface area contributed by atoms with Crippen LogP contribution in [-0.4, -0.2) is 23.0 Å². The van der Waals surface area contributed by atoms with E-state index in [1.165, 1.54) is 6.21 Å². The smallest absolute Gasteiger partial charge is 0.254 e. The normalized spacial score (nSPS) is 34.8. The first kappa shape index (κ1) is 14.7. The second kappa shape index (κ2) is 4.70. The number of imide groups is 1. The Morgan fingerprint density at radius 2 is 1.71 bits per heavy atom. The number of nitrogens with zero attached hydrogens (tertiary/aromatic N) is 2. The predicted molar refractivity (Wildman–Crippen MR) is 90.7 cm³/mol. The minimum absolute atomic E-state index is 0.172. The maximum atomic E-state index is 12.8. The molecule has 0 aromatic heterocycles. The lowest BCUT2D eigenvalue weighted by Gasteiger charge is -2.18. The molecule has 1 aliphatic heterocycles. The molecule has 1 spiro atoms. The summed E-state index contributed by atoms with van der Waals surface area (Å²) in [6.45, 7) is 0. The average molecular weight is 361 g/mol. The molecule has 1 aromatic rings. The van der Waals surface area contributed by atoms with E-state index in [9.17, 15) is 9.59 Å². The van der Waals surface area contributed by atoms with Crippen LogP contribution in [0.4, 0.5) is 0 Å². The van der Waals surface area contributed by atoms with Crippen LogP contribution in [0.2, 0.25) is 10.0 Å². The number of amides is 2. The number of hydrazone groups is 1. The predicted octanol–water partition coefficient (Wildman–Crippen LogP) is 3.52. The fourth-order valence-electron chi connectivity index (χ4n) is 4.90. The third-order valence-corrected chi connectivity index (χ3v) is 6.67. The third-order valence-electron chi connectivity index (χ3n) is 6.10. The van der Waals surface area contributed by atoms with Gasteiger partial charge in [-0.3, -0.25) is 9.59 Å². The van der Waals surface area contributed by atoms with Gasteiger partial charge in [0.2, 0.25) is 0 Å². The zero-order valence-corrected chi connectivity index (χ0v) is 14.2. The van der Waals surface area contributed by atoms with Gasteiger partial charge in [-0.2, -0.15) is 10.1 Å². The molecule has 2 saturated carbocycles. The molecule has 4 nitrogen and oxygen atoms in total. The number of carbonyl (C=O) groups excluding carboxylic acids is 2. The highest BCUT2D eigenvalue weighted by atomic mass is 35.5. The molecular formula is C18H14Cl2N2O2. The Hall–Kier alpha value is -1.65. The van der Waals surface area contributed by atoms with Crippen molar-refractivity contribution in [3.05, 3.63) is 46.0 Å².